The van der Waals surface area contributed by atoms with Crippen LogP contribution in [0.4, 0.5) is 0 Å². The lowest BCUT2D eigenvalue weighted by atomic mass is 9.74. The third-order valence-corrected chi connectivity index (χ3v) is 4.69. The Bertz CT molecular complexity index is 500. The van der Waals surface area contributed by atoms with Crippen LogP contribution in [0.15, 0.2) is 22.0 Å². The van der Waals surface area contributed by atoms with Gasteiger partial charge in [-0.1, -0.05) is 30.5 Å². The molecule has 2 aromatic heterocycles. The SMILES string of the molecule is NCC1(c2nc(-c3cccs3)no2)CCCCC1. The lowest BCUT2D eigenvalue weighted by Crippen LogP contribution is -2.37. The molecule has 4 nitrogen and oxygen atoms in total. The maximum atomic E-state index is 5.97. The number of rotatable bonds is 3. The van der Waals surface area contributed by atoms with E-state index in [-0.39, 0.29) is 5.41 Å². The molecule has 1 aliphatic rings. The predicted molar refractivity (Wildman–Crippen MR) is 71.4 cm³/mol. The van der Waals surface area contributed by atoms with Gasteiger partial charge in [0.2, 0.25) is 11.7 Å². The van der Waals surface area contributed by atoms with E-state index in [9.17, 15) is 0 Å². The van der Waals surface area contributed by atoms with Gasteiger partial charge in [0.05, 0.1) is 10.3 Å². The molecule has 2 N–H and O–H groups in total. The molecule has 2 aromatic rings. The minimum atomic E-state index is -0.0826. The van der Waals surface area contributed by atoms with Gasteiger partial charge in [0.1, 0.15) is 0 Å². The quantitative estimate of drug-likeness (QED) is 0.924. The Balaban J connectivity index is 1.92. The van der Waals surface area contributed by atoms with Gasteiger partial charge in [-0.25, -0.2) is 0 Å². The molecule has 0 unspecified atom stereocenters. The summed E-state index contributed by atoms with van der Waals surface area (Å²) in [5, 5.41) is 6.11. The average molecular weight is 263 g/mol. The van der Waals surface area contributed by atoms with E-state index in [0.29, 0.717) is 12.4 Å². The van der Waals surface area contributed by atoms with Gasteiger partial charge in [-0.15, -0.1) is 11.3 Å². The zero-order valence-electron chi connectivity index (χ0n) is 10.3. The van der Waals surface area contributed by atoms with Crippen LogP contribution in [0.2, 0.25) is 0 Å². The van der Waals surface area contributed by atoms with Gasteiger partial charge < -0.3 is 10.3 Å². The molecular formula is C13H17N3OS. The molecule has 96 valence electrons. The Morgan fingerprint density at radius 2 is 2.17 bits per heavy atom. The summed E-state index contributed by atoms with van der Waals surface area (Å²) < 4.78 is 5.49. The fourth-order valence-corrected chi connectivity index (χ4v) is 3.33. The van der Waals surface area contributed by atoms with Crippen molar-refractivity contribution in [2.45, 2.75) is 37.5 Å². The van der Waals surface area contributed by atoms with Crippen molar-refractivity contribution in [3.63, 3.8) is 0 Å². The van der Waals surface area contributed by atoms with Crippen LogP contribution in [0, 0.1) is 0 Å². The predicted octanol–water partition coefficient (Wildman–Crippen LogP) is 2.96. The lowest BCUT2D eigenvalue weighted by molar-refractivity contribution is 0.220. The van der Waals surface area contributed by atoms with Crippen LogP contribution in [0.25, 0.3) is 10.7 Å². The van der Waals surface area contributed by atoms with E-state index in [1.807, 2.05) is 17.5 Å². The van der Waals surface area contributed by atoms with Crippen LogP contribution in [0.5, 0.6) is 0 Å². The number of aromatic nitrogens is 2. The second-order valence-corrected chi connectivity index (χ2v) is 5.89. The van der Waals surface area contributed by atoms with E-state index in [1.165, 1.54) is 19.3 Å². The smallest absolute Gasteiger partial charge is 0.234 e. The molecule has 3 rings (SSSR count). The molecule has 1 aliphatic carbocycles. The van der Waals surface area contributed by atoms with Gasteiger partial charge in [-0.3, -0.25) is 0 Å². The molecule has 0 aromatic carbocycles. The highest BCUT2D eigenvalue weighted by Gasteiger charge is 2.38. The zero-order chi connectivity index (χ0) is 12.4. The van der Waals surface area contributed by atoms with Crippen molar-refractivity contribution in [2.75, 3.05) is 6.54 Å². The minimum absolute atomic E-state index is 0.0826. The van der Waals surface area contributed by atoms with Gasteiger partial charge >= 0.3 is 0 Å². The van der Waals surface area contributed by atoms with E-state index >= 15 is 0 Å². The molecule has 18 heavy (non-hydrogen) atoms. The summed E-state index contributed by atoms with van der Waals surface area (Å²) >= 11 is 1.63. The van der Waals surface area contributed by atoms with Gasteiger partial charge in [0.15, 0.2) is 0 Å². The Labute approximate surface area is 110 Å². The van der Waals surface area contributed by atoms with Crippen LogP contribution in [0.3, 0.4) is 0 Å². The highest BCUT2D eigenvalue weighted by atomic mass is 32.1. The third-order valence-electron chi connectivity index (χ3n) is 3.82. The summed E-state index contributed by atoms with van der Waals surface area (Å²) in [6.07, 6.45) is 5.82. The summed E-state index contributed by atoms with van der Waals surface area (Å²) in [6.45, 7) is 0.596. The molecule has 0 saturated heterocycles. The van der Waals surface area contributed by atoms with E-state index in [1.54, 1.807) is 11.3 Å². The van der Waals surface area contributed by atoms with Gasteiger partial charge in [-0.2, -0.15) is 4.98 Å². The molecule has 5 heteroatoms. The van der Waals surface area contributed by atoms with Crippen molar-refractivity contribution in [1.29, 1.82) is 0 Å². The summed E-state index contributed by atoms with van der Waals surface area (Å²) in [7, 11) is 0. The normalized spacial score (nSPS) is 18.9. The second kappa shape index (κ2) is 4.82. The van der Waals surface area contributed by atoms with Crippen molar-refractivity contribution >= 4 is 11.3 Å². The van der Waals surface area contributed by atoms with Gasteiger partial charge in [0.25, 0.3) is 0 Å². The van der Waals surface area contributed by atoms with E-state index in [2.05, 4.69) is 10.1 Å². The lowest BCUT2D eigenvalue weighted by Gasteiger charge is -2.32. The molecule has 1 fully saturated rings. The second-order valence-electron chi connectivity index (χ2n) is 4.95. The number of hydrogen-bond donors (Lipinski definition) is 1. The first-order chi connectivity index (χ1) is 8.84. The topological polar surface area (TPSA) is 64.9 Å². The van der Waals surface area contributed by atoms with Crippen molar-refractivity contribution in [1.82, 2.24) is 10.1 Å². The van der Waals surface area contributed by atoms with E-state index in [4.69, 9.17) is 10.3 Å². The van der Waals surface area contributed by atoms with Crippen LogP contribution >= 0.6 is 11.3 Å². The molecule has 1 saturated carbocycles. The van der Waals surface area contributed by atoms with Crippen molar-refractivity contribution in [3.8, 4) is 10.7 Å². The molecule has 2 heterocycles. The van der Waals surface area contributed by atoms with Crippen LogP contribution in [-0.4, -0.2) is 16.7 Å². The van der Waals surface area contributed by atoms with Crippen LogP contribution in [-0.2, 0) is 5.41 Å². The fraction of sp³-hybridized carbons (Fsp3) is 0.538. The Hall–Kier alpha value is -1.20. The number of nitrogens with two attached hydrogens (primary N) is 1. The fourth-order valence-electron chi connectivity index (χ4n) is 2.68. The van der Waals surface area contributed by atoms with Crippen LogP contribution in [0.1, 0.15) is 38.0 Å². The highest BCUT2D eigenvalue weighted by Crippen LogP contribution is 2.38. The third kappa shape index (κ3) is 1.97. The molecule has 0 aliphatic heterocycles. The van der Waals surface area contributed by atoms with E-state index in [0.717, 1.165) is 23.6 Å². The summed E-state index contributed by atoms with van der Waals surface area (Å²) in [6, 6.07) is 4.00. The largest absolute Gasteiger partial charge is 0.338 e. The Morgan fingerprint density at radius 1 is 1.33 bits per heavy atom. The Morgan fingerprint density at radius 3 is 2.83 bits per heavy atom. The van der Waals surface area contributed by atoms with Crippen molar-refractivity contribution in [3.05, 3.63) is 23.4 Å². The molecule has 0 spiro atoms. The molecule has 0 radical (unpaired) electrons. The number of nitrogens with zero attached hydrogens (tertiary/aromatic N) is 2. The van der Waals surface area contributed by atoms with Gasteiger partial charge in [0, 0.05) is 6.54 Å². The standard InChI is InChI=1S/C13H17N3OS/c14-9-13(6-2-1-3-7-13)12-15-11(16-17-12)10-5-4-8-18-10/h4-5,8H,1-3,6-7,9,14H2. The molecular weight excluding hydrogens is 246 g/mol. The van der Waals surface area contributed by atoms with Gasteiger partial charge in [-0.05, 0) is 24.3 Å². The van der Waals surface area contributed by atoms with E-state index < -0.39 is 0 Å². The first kappa shape index (κ1) is 11.9. The molecule has 0 amide bonds. The number of thiophene rings is 1. The molecule has 0 atom stereocenters. The average Bonchev–Trinajstić information content (AvgIpc) is 3.10. The Kier molecular flexibility index (Phi) is 3.18. The maximum Gasteiger partial charge on any atom is 0.234 e. The minimum Gasteiger partial charge on any atom is -0.338 e. The van der Waals surface area contributed by atoms with Crippen LogP contribution < -0.4 is 5.73 Å². The first-order valence-corrected chi connectivity index (χ1v) is 7.30. The highest BCUT2D eigenvalue weighted by molar-refractivity contribution is 7.13. The monoisotopic (exact) mass is 263 g/mol. The van der Waals surface area contributed by atoms with Crippen molar-refractivity contribution < 1.29 is 4.52 Å². The van der Waals surface area contributed by atoms with Crippen molar-refractivity contribution in [2.24, 2.45) is 5.73 Å². The number of hydrogen-bond acceptors (Lipinski definition) is 5. The zero-order valence-corrected chi connectivity index (χ0v) is 11.1. The summed E-state index contributed by atoms with van der Waals surface area (Å²) in [5.41, 5.74) is 5.89. The summed E-state index contributed by atoms with van der Waals surface area (Å²) in [5.74, 6) is 1.42. The molecule has 0 bridgehead atoms. The maximum absolute atomic E-state index is 5.97. The summed E-state index contributed by atoms with van der Waals surface area (Å²) in [4.78, 5) is 5.62. The first-order valence-electron chi connectivity index (χ1n) is 6.42.